The van der Waals surface area contributed by atoms with Gasteiger partial charge in [0.15, 0.2) is 0 Å². The highest BCUT2D eigenvalue weighted by atomic mass is 14.2. The highest BCUT2D eigenvalue weighted by molar-refractivity contribution is 5.92. The van der Waals surface area contributed by atoms with E-state index in [2.05, 4.69) is 234 Å². The summed E-state index contributed by atoms with van der Waals surface area (Å²) in [4.78, 5) is 0. The van der Waals surface area contributed by atoms with E-state index in [0.29, 0.717) is 0 Å². The molecule has 0 nitrogen and oxygen atoms in total. The van der Waals surface area contributed by atoms with Gasteiger partial charge in [0.1, 0.15) is 0 Å². The Labute approximate surface area is 321 Å². The molecule has 0 heteroatoms. The van der Waals surface area contributed by atoms with Crippen LogP contribution >= 0.6 is 0 Å². The van der Waals surface area contributed by atoms with E-state index in [1.165, 1.54) is 89.0 Å². The highest BCUT2D eigenvalue weighted by Gasteiger charge is 2.12. The van der Waals surface area contributed by atoms with Crippen LogP contribution in [0.25, 0.3) is 47.6 Å². The lowest BCUT2D eigenvalue weighted by atomic mass is 9.88. The van der Waals surface area contributed by atoms with E-state index in [9.17, 15) is 0 Å². The Balaban J connectivity index is 1.09. The minimum atomic E-state index is 1.18. The van der Waals surface area contributed by atoms with Crippen molar-refractivity contribution in [1.82, 2.24) is 0 Å². The summed E-state index contributed by atoms with van der Waals surface area (Å²) < 4.78 is 0. The van der Waals surface area contributed by atoms with Crippen molar-refractivity contribution >= 4 is 47.6 Å². The molecule has 0 unspecified atom stereocenters. The molecule has 0 aliphatic heterocycles. The van der Waals surface area contributed by atoms with Gasteiger partial charge in [-0.05, 0) is 129 Å². The summed E-state index contributed by atoms with van der Waals surface area (Å²) in [5.74, 6) is 0. The molecule has 0 aliphatic rings. The third-order valence-electron chi connectivity index (χ3n) is 10.5. The van der Waals surface area contributed by atoms with E-state index in [0.717, 1.165) is 0 Å². The molecule has 0 fully saturated rings. The first-order valence-electron chi connectivity index (χ1n) is 18.8. The quantitative estimate of drug-likeness (QED) is 0.125. The van der Waals surface area contributed by atoms with E-state index >= 15 is 0 Å². The van der Waals surface area contributed by atoms with Crippen molar-refractivity contribution < 1.29 is 0 Å². The van der Waals surface area contributed by atoms with Gasteiger partial charge in [-0.1, -0.05) is 194 Å². The maximum absolute atomic E-state index is 2.29. The molecule has 0 atom stereocenters. The first-order valence-corrected chi connectivity index (χ1v) is 18.8. The summed E-state index contributed by atoms with van der Waals surface area (Å²) in [5, 5.41) is 0. The smallest absolute Gasteiger partial charge is 0.0105 e. The predicted molar refractivity (Wildman–Crippen MR) is 236 cm³/mol. The molecule has 0 saturated carbocycles. The van der Waals surface area contributed by atoms with Crippen LogP contribution in [0, 0.1) is 27.7 Å². The van der Waals surface area contributed by atoms with Crippen molar-refractivity contribution in [3.05, 3.63) is 248 Å². The highest BCUT2D eigenvalue weighted by Crippen LogP contribution is 2.31. The van der Waals surface area contributed by atoms with E-state index in [4.69, 9.17) is 0 Å². The molecule has 7 aromatic carbocycles. The second-order valence-electron chi connectivity index (χ2n) is 13.9. The van der Waals surface area contributed by atoms with Crippen molar-refractivity contribution in [2.45, 2.75) is 27.7 Å². The number of benzene rings is 7. The SMILES string of the molecule is Cc1c(C)c(/C=C/c2ccc(C=C(c3ccccc3)c3ccccc3)cc2)c(C)c(C)c1/C=C/c1ccc(C=C(c2ccccc2)c2ccccc2)cc1. The number of hydrogen-bond acceptors (Lipinski definition) is 0. The van der Waals surface area contributed by atoms with Crippen LogP contribution in [0.2, 0.25) is 0 Å². The van der Waals surface area contributed by atoms with Gasteiger partial charge in [0.05, 0.1) is 0 Å². The largest absolute Gasteiger partial charge is 0.0622 e. The number of hydrogen-bond donors (Lipinski definition) is 0. The summed E-state index contributed by atoms with van der Waals surface area (Å²) in [5.41, 5.74) is 19.9. The molecule has 7 rings (SSSR count). The van der Waals surface area contributed by atoms with E-state index in [-0.39, 0.29) is 0 Å². The third kappa shape index (κ3) is 8.41. The second kappa shape index (κ2) is 16.9. The maximum atomic E-state index is 2.29. The van der Waals surface area contributed by atoms with Crippen LogP contribution in [0.5, 0.6) is 0 Å². The zero-order valence-corrected chi connectivity index (χ0v) is 31.6. The second-order valence-corrected chi connectivity index (χ2v) is 13.9. The van der Waals surface area contributed by atoms with E-state index in [1.54, 1.807) is 0 Å². The molecule has 7 aromatic rings. The topological polar surface area (TPSA) is 0 Å². The average Bonchev–Trinajstić information content (AvgIpc) is 3.23. The van der Waals surface area contributed by atoms with Gasteiger partial charge >= 0.3 is 0 Å². The summed E-state index contributed by atoms with van der Waals surface area (Å²) in [6, 6.07) is 60.2. The Morgan fingerprint density at radius 2 is 0.519 bits per heavy atom. The van der Waals surface area contributed by atoms with Gasteiger partial charge in [-0.2, -0.15) is 0 Å². The lowest BCUT2D eigenvalue weighted by Gasteiger charge is -2.17. The number of rotatable bonds is 10. The Morgan fingerprint density at radius 1 is 0.278 bits per heavy atom. The molecule has 0 radical (unpaired) electrons. The molecule has 0 saturated heterocycles. The summed E-state index contributed by atoms with van der Waals surface area (Å²) >= 11 is 0. The minimum Gasteiger partial charge on any atom is -0.0622 e. The summed E-state index contributed by atoms with van der Waals surface area (Å²) in [6.45, 7) is 9.00. The monoisotopic (exact) mass is 694 g/mol. The Hall–Kier alpha value is -6.50. The van der Waals surface area contributed by atoms with Crippen molar-refractivity contribution in [1.29, 1.82) is 0 Å². The standard InChI is InChI=1S/C54H46/c1-39-40(2)52(36-34-44-27-31-46(32-28-44)38-54(49-21-13-7-14-22-49)50-23-15-8-16-24-50)42(4)41(3)51(39)35-33-43-25-29-45(30-26-43)37-53(47-17-9-5-10-18-47)48-19-11-6-12-20-48/h5-38H,1-4H3/b35-33+,36-34+. The molecular formula is C54H46. The molecule has 0 aromatic heterocycles. The first-order chi connectivity index (χ1) is 26.4. The predicted octanol–water partition coefficient (Wildman–Crippen LogP) is 14.4. The molecule has 0 heterocycles. The fourth-order valence-electron chi connectivity index (χ4n) is 7.11. The fraction of sp³-hybridized carbons (Fsp3) is 0.0741. The van der Waals surface area contributed by atoms with E-state index in [1.807, 2.05) is 0 Å². The van der Waals surface area contributed by atoms with Crippen LogP contribution in [-0.2, 0) is 0 Å². The Bertz CT molecular complexity index is 2150. The molecule has 0 amide bonds. The third-order valence-corrected chi connectivity index (χ3v) is 10.5. The molecule has 262 valence electrons. The fourth-order valence-corrected chi connectivity index (χ4v) is 7.11. The van der Waals surface area contributed by atoms with Gasteiger partial charge in [0, 0.05) is 0 Å². The lowest BCUT2D eigenvalue weighted by Crippen LogP contribution is -1.99. The van der Waals surface area contributed by atoms with Crippen LogP contribution in [-0.4, -0.2) is 0 Å². The van der Waals surface area contributed by atoms with Crippen molar-refractivity contribution in [2.24, 2.45) is 0 Å². The first kappa shape index (κ1) is 35.9. The average molecular weight is 695 g/mol. The molecular weight excluding hydrogens is 649 g/mol. The zero-order valence-electron chi connectivity index (χ0n) is 31.6. The van der Waals surface area contributed by atoms with Crippen molar-refractivity contribution in [3.63, 3.8) is 0 Å². The van der Waals surface area contributed by atoms with Gasteiger partial charge in [0.25, 0.3) is 0 Å². The molecule has 0 bridgehead atoms. The molecule has 0 spiro atoms. The molecule has 54 heavy (non-hydrogen) atoms. The molecule has 0 N–H and O–H groups in total. The summed E-state index contributed by atoms with van der Waals surface area (Å²) in [7, 11) is 0. The van der Waals surface area contributed by atoms with Crippen LogP contribution in [0.3, 0.4) is 0 Å². The van der Waals surface area contributed by atoms with Crippen molar-refractivity contribution in [3.8, 4) is 0 Å². The van der Waals surface area contributed by atoms with Crippen LogP contribution in [0.1, 0.15) is 77.9 Å². The Morgan fingerprint density at radius 3 is 0.778 bits per heavy atom. The Kier molecular flexibility index (Phi) is 11.2. The normalized spacial score (nSPS) is 11.2. The van der Waals surface area contributed by atoms with Crippen LogP contribution in [0.15, 0.2) is 170 Å². The molecule has 0 aliphatic carbocycles. The van der Waals surface area contributed by atoms with E-state index < -0.39 is 0 Å². The van der Waals surface area contributed by atoms with Crippen LogP contribution in [0.4, 0.5) is 0 Å². The van der Waals surface area contributed by atoms with Gasteiger partial charge in [-0.15, -0.1) is 0 Å². The van der Waals surface area contributed by atoms with Gasteiger partial charge in [-0.3, -0.25) is 0 Å². The minimum absolute atomic E-state index is 1.18. The van der Waals surface area contributed by atoms with Crippen LogP contribution < -0.4 is 0 Å². The summed E-state index contributed by atoms with van der Waals surface area (Å²) in [6.07, 6.45) is 13.6. The maximum Gasteiger partial charge on any atom is -0.0105 e. The van der Waals surface area contributed by atoms with Gasteiger partial charge in [-0.25, -0.2) is 0 Å². The van der Waals surface area contributed by atoms with Crippen molar-refractivity contribution in [2.75, 3.05) is 0 Å². The van der Waals surface area contributed by atoms with Gasteiger partial charge in [0.2, 0.25) is 0 Å². The lowest BCUT2D eigenvalue weighted by molar-refractivity contribution is 1.21. The van der Waals surface area contributed by atoms with Gasteiger partial charge < -0.3 is 0 Å². The zero-order chi connectivity index (χ0) is 37.3.